The van der Waals surface area contributed by atoms with Gasteiger partial charge in [0.15, 0.2) is 0 Å². The van der Waals surface area contributed by atoms with E-state index >= 15 is 0 Å². The van der Waals surface area contributed by atoms with Gasteiger partial charge in [-0.15, -0.1) is 0 Å². The number of rotatable bonds is 3. The fraction of sp³-hybridized carbons (Fsp3) is 0.105. The van der Waals surface area contributed by atoms with E-state index < -0.39 is 0 Å². The molecule has 3 rings (SSSR count). The summed E-state index contributed by atoms with van der Waals surface area (Å²) in [5, 5.41) is 1.99. The quantitative estimate of drug-likeness (QED) is 0.649. The Morgan fingerprint density at radius 1 is 0.857 bits per heavy atom. The lowest BCUT2D eigenvalue weighted by atomic mass is 9.95. The summed E-state index contributed by atoms with van der Waals surface area (Å²) in [6.07, 6.45) is 0. The van der Waals surface area contributed by atoms with Crippen LogP contribution in [-0.2, 0) is 4.74 Å². The molecule has 0 amide bonds. The van der Waals surface area contributed by atoms with Crippen molar-refractivity contribution < 1.29 is 9.53 Å². The molecule has 0 aliphatic heterocycles. The van der Waals surface area contributed by atoms with Crippen molar-refractivity contribution in [3.8, 4) is 11.1 Å². The minimum absolute atomic E-state index is 0.270. The fourth-order valence-electron chi connectivity index (χ4n) is 2.56. The van der Waals surface area contributed by atoms with Crippen LogP contribution in [0.25, 0.3) is 21.9 Å². The third-order valence-corrected chi connectivity index (χ3v) is 3.50. The first kappa shape index (κ1) is 13.4. The van der Waals surface area contributed by atoms with Gasteiger partial charge in [0, 0.05) is 0 Å². The third kappa shape index (κ3) is 2.52. The molecule has 0 saturated heterocycles. The number of benzene rings is 3. The molecule has 0 saturated carbocycles. The van der Waals surface area contributed by atoms with E-state index in [1.165, 1.54) is 0 Å². The third-order valence-electron chi connectivity index (χ3n) is 3.50. The summed E-state index contributed by atoms with van der Waals surface area (Å²) in [5.41, 5.74) is 2.88. The zero-order valence-corrected chi connectivity index (χ0v) is 11.9. The molecule has 0 spiro atoms. The van der Waals surface area contributed by atoms with Crippen LogP contribution in [0.2, 0.25) is 0 Å². The van der Waals surface area contributed by atoms with Gasteiger partial charge in [-0.2, -0.15) is 0 Å². The van der Waals surface area contributed by atoms with Crippen molar-refractivity contribution in [1.82, 2.24) is 0 Å². The predicted octanol–water partition coefficient (Wildman–Crippen LogP) is 4.68. The molecule has 0 unspecified atom stereocenters. The molecule has 0 heterocycles. The Labute approximate surface area is 124 Å². The SMILES string of the molecule is CCOC(=O)c1ccc(-c2ccccc2)c2ccccc12. The number of hydrogen-bond acceptors (Lipinski definition) is 2. The molecular weight excluding hydrogens is 260 g/mol. The van der Waals surface area contributed by atoms with Crippen molar-refractivity contribution in [2.24, 2.45) is 0 Å². The van der Waals surface area contributed by atoms with E-state index in [2.05, 4.69) is 12.1 Å². The fourth-order valence-corrected chi connectivity index (χ4v) is 2.56. The van der Waals surface area contributed by atoms with E-state index in [9.17, 15) is 4.79 Å². The second-order valence-electron chi connectivity index (χ2n) is 4.79. The lowest BCUT2D eigenvalue weighted by Gasteiger charge is -2.11. The van der Waals surface area contributed by atoms with Crippen molar-refractivity contribution in [3.05, 3.63) is 72.3 Å². The normalized spacial score (nSPS) is 10.5. The molecule has 0 fully saturated rings. The molecule has 2 heteroatoms. The minimum atomic E-state index is -0.270. The summed E-state index contributed by atoms with van der Waals surface area (Å²) in [7, 11) is 0. The Kier molecular flexibility index (Phi) is 3.69. The van der Waals surface area contributed by atoms with E-state index in [1.54, 1.807) is 0 Å². The number of ether oxygens (including phenoxy) is 1. The smallest absolute Gasteiger partial charge is 0.338 e. The molecule has 0 radical (unpaired) electrons. The van der Waals surface area contributed by atoms with Gasteiger partial charge in [0.05, 0.1) is 12.2 Å². The largest absolute Gasteiger partial charge is 0.462 e. The van der Waals surface area contributed by atoms with E-state index in [0.717, 1.165) is 21.9 Å². The van der Waals surface area contributed by atoms with Crippen LogP contribution >= 0.6 is 0 Å². The second kappa shape index (κ2) is 5.80. The van der Waals surface area contributed by atoms with Gasteiger partial charge in [-0.1, -0.05) is 60.7 Å². The molecular formula is C19H16O2. The Morgan fingerprint density at radius 3 is 2.24 bits per heavy atom. The molecule has 0 bridgehead atoms. The second-order valence-corrected chi connectivity index (χ2v) is 4.79. The van der Waals surface area contributed by atoms with Crippen LogP contribution in [0.4, 0.5) is 0 Å². The molecule has 0 aliphatic rings. The highest BCUT2D eigenvalue weighted by molar-refractivity contribution is 6.09. The Hall–Kier alpha value is -2.61. The van der Waals surface area contributed by atoms with E-state index in [4.69, 9.17) is 4.74 Å². The first-order valence-corrected chi connectivity index (χ1v) is 7.05. The lowest BCUT2D eigenvalue weighted by molar-refractivity contribution is 0.0528. The highest BCUT2D eigenvalue weighted by atomic mass is 16.5. The summed E-state index contributed by atoms with van der Waals surface area (Å²) in [6, 6.07) is 22.0. The summed E-state index contributed by atoms with van der Waals surface area (Å²) in [4.78, 5) is 12.1. The van der Waals surface area contributed by atoms with Crippen LogP contribution in [0.5, 0.6) is 0 Å². The van der Waals surface area contributed by atoms with Gasteiger partial charge in [-0.3, -0.25) is 0 Å². The van der Waals surface area contributed by atoms with E-state index in [-0.39, 0.29) is 5.97 Å². The number of carbonyl (C=O) groups is 1. The average molecular weight is 276 g/mol. The number of carbonyl (C=O) groups excluding carboxylic acids is 1. The van der Waals surface area contributed by atoms with Gasteiger partial charge in [-0.05, 0) is 34.9 Å². The van der Waals surface area contributed by atoms with Gasteiger partial charge in [0.2, 0.25) is 0 Å². The Bertz CT molecular complexity index is 776. The molecule has 0 aliphatic carbocycles. The van der Waals surface area contributed by atoms with Crippen LogP contribution in [-0.4, -0.2) is 12.6 Å². The highest BCUT2D eigenvalue weighted by Crippen LogP contribution is 2.31. The first-order chi connectivity index (χ1) is 10.3. The highest BCUT2D eigenvalue weighted by Gasteiger charge is 2.13. The van der Waals surface area contributed by atoms with Crippen molar-refractivity contribution in [1.29, 1.82) is 0 Å². The van der Waals surface area contributed by atoms with Gasteiger partial charge in [0.1, 0.15) is 0 Å². The minimum Gasteiger partial charge on any atom is -0.462 e. The number of fused-ring (bicyclic) bond motifs is 1. The molecule has 0 N–H and O–H groups in total. The van der Waals surface area contributed by atoms with Gasteiger partial charge >= 0.3 is 5.97 Å². The van der Waals surface area contributed by atoms with E-state index in [1.807, 2.05) is 61.5 Å². The maximum Gasteiger partial charge on any atom is 0.338 e. The summed E-state index contributed by atoms with van der Waals surface area (Å²) in [5.74, 6) is -0.270. The van der Waals surface area contributed by atoms with Crippen LogP contribution in [0, 0.1) is 0 Å². The predicted molar refractivity (Wildman–Crippen MR) is 85.3 cm³/mol. The van der Waals surface area contributed by atoms with Crippen LogP contribution in [0.3, 0.4) is 0 Å². The Morgan fingerprint density at radius 2 is 1.52 bits per heavy atom. The van der Waals surface area contributed by atoms with Gasteiger partial charge < -0.3 is 4.74 Å². The molecule has 0 atom stereocenters. The molecule has 104 valence electrons. The van der Waals surface area contributed by atoms with Crippen molar-refractivity contribution in [3.63, 3.8) is 0 Å². The van der Waals surface area contributed by atoms with Crippen LogP contribution < -0.4 is 0 Å². The van der Waals surface area contributed by atoms with Crippen molar-refractivity contribution in [2.75, 3.05) is 6.61 Å². The zero-order valence-electron chi connectivity index (χ0n) is 11.9. The van der Waals surface area contributed by atoms with Gasteiger partial charge in [-0.25, -0.2) is 4.79 Å². The van der Waals surface area contributed by atoms with Gasteiger partial charge in [0.25, 0.3) is 0 Å². The maximum atomic E-state index is 12.1. The van der Waals surface area contributed by atoms with Crippen LogP contribution in [0.1, 0.15) is 17.3 Å². The number of hydrogen-bond donors (Lipinski definition) is 0. The first-order valence-electron chi connectivity index (χ1n) is 7.05. The standard InChI is InChI=1S/C19H16O2/c1-2-21-19(20)18-13-12-15(14-8-4-3-5-9-14)16-10-6-7-11-17(16)18/h3-13H,2H2,1H3. The summed E-state index contributed by atoms with van der Waals surface area (Å²) >= 11 is 0. The molecule has 3 aromatic rings. The van der Waals surface area contributed by atoms with E-state index in [0.29, 0.717) is 12.2 Å². The van der Waals surface area contributed by atoms with Crippen molar-refractivity contribution in [2.45, 2.75) is 6.92 Å². The molecule has 21 heavy (non-hydrogen) atoms. The molecule has 0 aromatic heterocycles. The Balaban J connectivity index is 2.22. The lowest BCUT2D eigenvalue weighted by Crippen LogP contribution is -2.05. The average Bonchev–Trinajstić information content (AvgIpc) is 2.55. The molecule has 2 nitrogen and oxygen atoms in total. The maximum absolute atomic E-state index is 12.1. The summed E-state index contributed by atoms with van der Waals surface area (Å²) in [6.45, 7) is 2.20. The van der Waals surface area contributed by atoms with Crippen molar-refractivity contribution >= 4 is 16.7 Å². The summed E-state index contributed by atoms with van der Waals surface area (Å²) < 4.78 is 5.14. The number of esters is 1. The zero-order chi connectivity index (χ0) is 14.7. The molecule has 3 aromatic carbocycles. The van der Waals surface area contributed by atoms with Crippen LogP contribution in [0.15, 0.2) is 66.7 Å². The topological polar surface area (TPSA) is 26.3 Å². The monoisotopic (exact) mass is 276 g/mol.